The summed E-state index contributed by atoms with van der Waals surface area (Å²) in [5.41, 5.74) is 6.81. The molecule has 4 heteroatoms. The molecule has 2 N–H and O–H groups in total. The lowest BCUT2D eigenvalue weighted by Crippen LogP contribution is -2.56. The van der Waals surface area contributed by atoms with Gasteiger partial charge in [-0.25, -0.2) is 4.68 Å². The van der Waals surface area contributed by atoms with Crippen LogP contribution in [-0.2, 0) is 6.54 Å². The molecular formula is C9H16N4. The summed E-state index contributed by atoms with van der Waals surface area (Å²) in [6, 6.07) is 2.47. The summed E-state index contributed by atoms with van der Waals surface area (Å²) in [5, 5.41) is 4.39. The van der Waals surface area contributed by atoms with Crippen molar-refractivity contribution in [2.75, 3.05) is 18.0 Å². The van der Waals surface area contributed by atoms with Crippen molar-refractivity contribution in [3.05, 3.63) is 11.8 Å². The molecule has 2 heterocycles. The molecule has 0 bridgehead atoms. The molecule has 0 unspecified atom stereocenters. The minimum atomic E-state index is 0.348. The summed E-state index contributed by atoms with van der Waals surface area (Å²) in [6.45, 7) is 6.98. The first kappa shape index (κ1) is 8.56. The molecule has 1 fully saturated rings. The van der Waals surface area contributed by atoms with Crippen LogP contribution in [0.1, 0.15) is 12.6 Å². The summed E-state index contributed by atoms with van der Waals surface area (Å²) < 4.78 is 2.03. The Morgan fingerprint density at radius 3 is 2.85 bits per heavy atom. The molecule has 0 amide bonds. The SMILES string of the molecule is CCn1nc(C)cc1N1CC(N)C1. The van der Waals surface area contributed by atoms with Crippen molar-refractivity contribution < 1.29 is 0 Å². The number of rotatable bonds is 2. The standard InChI is InChI=1S/C9H16N4/c1-3-13-9(4-7(2)11-13)12-5-8(10)6-12/h4,8H,3,5-6,10H2,1-2H3. The fourth-order valence-electron chi connectivity index (χ4n) is 1.72. The summed E-state index contributed by atoms with van der Waals surface area (Å²) in [7, 11) is 0. The quantitative estimate of drug-likeness (QED) is 0.714. The van der Waals surface area contributed by atoms with Crippen LogP contribution in [0.4, 0.5) is 5.82 Å². The number of hydrogen-bond donors (Lipinski definition) is 1. The molecule has 1 aromatic rings. The first-order valence-corrected chi connectivity index (χ1v) is 4.75. The van der Waals surface area contributed by atoms with Gasteiger partial charge in [0.25, 0.3) is 0 Å². The predicted molar refractivity (Wildman–Crippen MR) is 52.8 cm³/mol. The van der Waals surface area contributed by atoms with E-state index in [1.54, 1.807) is 0 Å². The van der Waals surface area contributed by atoms with Gasteiger partial charge < -0.3 is 10.6 Å². The molecule has 1 aliphatic heterocycles. The highest BCUT2D eigenvalue weighted by Gasteiger charge is 2.25. The van der Waals surface area contributed by atoms with Crippen molar-refractivity contribution in [3.63, 3.8) is 0 Å². The maximum Gasteiger partial charge on any atom is 0.127 e. The molecule has 0 aromatic carbocycles. The lowest BCUT2D eigenvalue weighted by Gasteiger charge is -2.38. The first-order chi connectivity index (χ1) is 6.20. The van der Waals surface area contributed by atoms with Crippen LogP contribution in [0.3, 0.4) is 0 Å². The Kier molecular flexibility index (Phi) is 2.00. The molecule has 0 aliphatic carbocycles. The van der Waals surface area contributed by atoms with E-state index in [9.17, 15) is 0 Å². The van der Waals surface area contributed by atoms with Gasteiger partial charge in [0.05, 0.1) is 5.69 Å². The normalized spacial score (nSPS) is 17.6. The summed E-state index contributed by atoms with van der Waals surface area (Å²) in [5.74, 6) is 1.21. The molecule has 2 rings (SSSR count). The Labute approximate surface area is 78.3 Å². The van der Waals surface area contributed by atoms with E-state index in [1.165, 1.54) is 5.82 Å². The maximum absolute atomic E-state index is 5.73. The number of hydrogen-bond acceptors (Lipinski definition) is 3. The van der Waals surface area contributed by atoms with Crippen molar-refractivity contribution >= 4 is 5.82 Å². The zero-order chi connectivity index (χ0) is 9.42. The number of aryl methyl sites for hydroxylation is 2. The second-order valence-electron chi connectivity index (χ2n) is 3.62. The van der Waals surface area contributed by atoms with E-state index < -0.39 is 0 Å². The van der Waals surface area contributed by atoms with Gasteiger partial charge in [0, 0.05) is 31.7 Å². The van der Waals surface area contributed by atoms with Gasteiger partial charge in [0.15, 0.2) is 0 Å². The zero-order valence-corrected chi connectivity index (χ0v) is 8.20. The van der Waals surface area contributed by atoms with E-state index in [-0.39, 0.29) is 0 Å². The third-order valence-corrected chi connectivity index (χ3v) is 2.41. The summed E-state index contributed by atoms with van der Waals surface area (Å²) >= 11 is 0. The van der Waals surface area contributed by atoms with Crippen LogP contribution in [0.15, 0.2) is 6.07 Å². The van der Waals surface area contributed by atoms with Crippen molar-refractivity contribution in [3.8, 4) is 0 Å². The highest BCUT2D eigenvalue weighted by Crippen LogP contribution is 2.20. The molecule has 13 heavy (non-hydrogen) atoms. The third kappa shape index (κ3) is 1.42. The zero-order valence-electron chi connectivity index (χ0n) is 8.20. The second-order valence-corrected chi connectivity index (χ2v) is 3.62. The lowest BCUT2D eigenvalue weighted by molar-refractivity contribution is 0.496. The Morgan fingerprint density at radius 2 is 2.31 bits per heavy atom. The van der Waals surface area contributed by atoms with Crippen LogP contribution >= 0.6 is 0 Å². The Bertz CT molecular complexity index is 299. The number of nitrogens with two attached hydrogens (primary N) is 1. The van der Waals surface area contributed by atoms with E-state index in [1.807, 2.05) is 11.6 Å². The average Bonchev–Trinajstić information content (AvgIpc) is 2.40. The Balaban J connectivity index is 2.19. The predicted octanol–water partition coefficient (Wildman–Crippen LogP) is 0.359. The van der Waals surface area contributed by atoms with Crippen molar-refractivity contribution in [1.29, 1.82) is 0 Å². The van der Waals surface area contributed by atoms with Gasteiger partial charge in [-0.15, -0.1) is 0 Å². The number of aromatic nitrogens is 2. The average molecular weight is 180 g/mol. The van der Waals surface area contributed by atoms with Gasteiger partial charge in [-0.2, -0.15) is 5.10 Å². The van der Waals surface area contributed by atoms with Gasteiger partial charge >= 0.3 is 0 Å². The summed E-state index contributed by atoms with van der Waals surface area (Å²) in [6.07, 6.45) is 0. The van der Waals surface area contributed by atoms with Crippen molar-refractivity contribution in [2.45, 2.75) is 26.4 Å². The molecule has 4 nitrogen and oxygen atoms in total. The van der Waals surface area contributed by atoms with Crippen LogP contribution in [0, 0.1) is 6.92 Å². The number of anilines is 1. The van der Waals surface area contributed by atoms with E-state index in [2.05, 4.69) is 23.0 Å². The van der Waals surface area contributed by atoms with Gasteiger partial charge in [-0.1, -0.05) is 0 Å². The monoisotopic (exact) mass is 180 g/mol. The fraction of sp³-hybridized carbons (Fsp3) is 0.667. The van der Waals surface area contributed by atoms with Crippen LogP contribution in [0.5, 0.6) is 0 Å². The molecule has 0 spiro atoms. The smallest absolute Gasteiger partial charge is 0.127 e. The van der Waals surface area contributed by atoms with E-state index in [0.29, 0.717) is 6.04 Å². The van der Waals surface area contributed by atoms with Crippen molar-refractivity contribution in [2.24, 2.45) is 5.73 Å². The highest BCUT2D eigenvalue weighted by molar-refractivity contribution is 5.44. The molecule has 1 aromatic heterocycles. The van der Waals surface area contributed by atoms with E-state index in [0.717, 1.165) is 25.3 Å². The lowest BCUT2D eigenvalue weighted by atomic mass is 10.1. The molecule has 0 saturated carbocycles. The highest BCUT2D eigenvalue weighted by atomic mass is 15.4. The van der Waals surface area contributed by atoms with Gasteiger partial charge in [0.1, 0.15) is 5.82 Å². The molecular weight excluding hydrogens is 164 g/mol. The van der Waals surface area contributed by atoms with Crippen LogP contribution < -0.4 is 10.6 Å². The van der Waals surface area contributed by atoms with Crippen molar-refractivity contribution in [1.82, 2.24) is 9.78 Å². The van der Waals surface area contributed by atoms with E-state index >= 15 is 0 Å². The fourth-order valence-corrected chi connectivity index (χ4v) is 1.72. The number of nitrogens with zero attached hydrogens (tertiary/aromatic N) is 3. The molecule has 0 radical (unpaired) electrons. The van der Waals surface area contributed by atoms with Gasteiger partial charge in [0.2, 0.25) is 0 Å². The van der Waals surface area contributed by atoms with Crippen LogP contribution in [-0.4, -0.2) is 28.9 Å². The second kappa shape index (κ2) is 3.03. The van der Waals surface area contributed by atoms with Crippen LogP contribution in [0.25, 0.3) is 0 Å². The third-order valence-electron chi connectivity index (χ3n) is 2.41. The first-order valence-electron chi connectivity index (χ1n) is 4.75. The summed E-state index contributed by atoms with van der Waals surface area (Å²) in [4.78, 5) is 2.27. The van der Waals surface area contributed by atoms with Gasteiger partial charge in [-0.3, -0.25) is 0 Å². The Morgan fingerprint density at radius 1 is 1.62 bits per heavy atom. The largest absolute Gasteiger partial charge is 0.354 e. The molecule has 1 aliphatic rings. The minimum Gasteiger partial charge on any atom is -0.354 e. The Hall–Kier alpha value is -1.03. The van der Waals surface area contributed by atoms with E-state index in [4.69, 9.17) is 5.73 Å². The minimum absolute atomic E-state index is 0.348. The van der Waals surface area contributed by atoms with Gasteiger partial charge in [-0.05, 0) is 13.8 Å². The molecule has 1 saturated heterocycles. The van der Waals surface area contributed by atoms with Crippen LogP contribution in [0.2, 0.25) is 0 Å². The molecule has 72 valence electrons. The molecule has 0 atom stereocenters. The maximum atomic E-state index is 5.73. The topological polar surface area (TPSA) is 47.1 Å².